The number of piperazine rings is 1. The minimum atomic E-state index is -0.0571. The van der Waals surface area contributed by atoms with E-state index in [1.807, 2.05) is 19.1 Å². The summed E-state index contributed by atoms with van der Waals surface area (Å²) in [6, 6.07) is 3.80. The van der Waals surface area contributed by atoms with Gasteiger partial charge in [0.05, 0.1) is 5.56 Å². The zero-order valence-electron chi connectivity index (χ0n) is 13.3. The van der Waals surface area contributed by atoms with E-state index in [1.165, 1.54) is 0 Å². The van der Waals surface area contributed by atoms with Gasteiger partial charge in [-0.15, -0.1) is 0 Å². The van der Waals surface area contributed by atoms with E-state index in [4.69, 9.17) is 0 Å². The van der Waals surface area contributed by atoms with Crippen molar-refractivity contribution in [1.82, 2.24) is 15.2 Å². The van der Waals surface area contributed by atoms with Gasteiger partial charge in [-0.3, -0.25) is 9.69 Å². The Bertz CT molecular complexity index is 456. The normalized spacial score (nSPS) is 16.3. The fraction of sp³-hybridized carbons (Fsp3) is 0.625. The minimum absolute atomic E-state index is 0. The second-order valence-corrected chi connectivity index (χ2v) is 5.95. The molecule has 0 aromatic carbocycles. The van der Waals surface area contributed by atoms with Crippen LogP contribution in [-0.4, -0.2) is 55.1 Å². The molecule has 2 rings (SSSR count). The molecule has 1 aliphatic rings. The van der Waals surface area contributed by atoms with Gasteiger partial charge in [0.25, 0.3) is 5.91 Å². The van der Waals surface area contributed by atoms with Crippen LogP contribution in [0.15, 0.2) is 18.3 Å². The van der Waals surface area contributed by atoms with Crippen LogP contribution in [0.25, 0.3) is 0 Å². The molecule has 0 radical (unpaired) electrons. The van der Waals surface area contributed by atoms with Crippen molar-refractivity contribution in [1.29, 1.82) is 0 Å². The number of hydrogen-bond donors (Lipinski definition) is 1. The van der Waals surface area contributed by atoms with E-state index >= 15 is 0 Å². The van der Waals surface area contributed by atoms with Crippen LogP contribution in [0.4, 0.5) is 5.82 Å². The van der Waals surface area contributed by atoms with Gasteiger partial charge >= 0.3 is 0 Å². The molecule has 1 amide bonds. The average molecular weight is 292 g/mol. The second-order valence-electron chi connectivity index (χ2n) is 5.95. The topological polar surface area (TPSA) is 48.5 Å². The van der Waals surface area contributed by atoms with Gasteiger partial charge in [0.15, 0.2) is 0 Å². The monoisotopic (exact) mass is 292 g/mol. The van der Waals surface area contributed by atoms with Crippen LogP contribution >= 0.6 is 0 Å². The number of nitrogens with zero attached hydrogens (tertiary/aromatic N) is 3. The lowest BCUT2D eigenvalue weighted by atomic mass is 10.2. The summed E-state index contributed by atoms with van der Waals surface area (Å²) in [5, 5.41) is 2.79. The number of anilines is 1. The quantitative estimate of drug-likeness (QED) is 0.900. The molecule has 5 nitrogen and oxygen atoms in total. The highest BCUT2D eigenvalue weighted by Gasteiger charge is 2.18. The molecule has 1 fully saturated rings. The van der Waals surface area contributed by atoms with Crippen LogP contribution < -0.4 is 10.2 Å². The highest BCUT2D eigenvalue weighted by Crippen LogP contribution is 2.14. The van der Waals surface area contributed by atoms with Crippen molar-refractivity contribution in [3.8, 4) is 0 Å². The highest BCUT2D eigenvalue weighted by molar-refractivity contribution is 5.93. The molecule has 0 bridgehead atoms. The Labute approximate surface area is 128 Å². The van der Waals surface area contributed by atoms with Gasteiger partial charge in [-0.25, -0.2) is 4.98 Å². The molecule has 5 heteroatoms. The van der Waals surface area contributed by atoms with Gasteiger partial charge in [-0.1, -0.05) is 13.8 Å². The smallest absolute Gasteiger partial charge is 0.252 e. The maximum atomic E-state index is 11.7. The number of rotatable bonds is 5. The van der Waals surface area contributed by atoms with E-state index in [-0.39, 0.29) is 7.33 Å². The molecule has 0 saturated carbocycles. The first-order valence-corrected chi connectivity index (χ1v) is 7.81. The number of carbonyl (C=O) groups excluding carboxylic acids is 1. The summed E-state index contributed by atoms with van der Waals surface area (Å²) in [4.78, 5) is 20.9. The molecule has 1 aromatic heterocycles. The zero-order chi connectivity index (χ0) is 15.2. The molecule has 0 aliphatic carbocycles. The van der Waals surface area contributed by atoms with Gasteiger partial charge in [-0.2, -0.15) is 0 Å². The summed E-state index contributed by atoms with van der Waals surface area (Å²) < 4.78 is 0. The molecule has 2 heterocycles. The minimum Gasteiger partial charge on any atom is -0.354 e. The van der Waals surface area contributed by atoms with Crippen LogP contribution in [0.5, 0.6) is 0 Å². The zero-order valence-corrected chi connectivity index (χ0v) is 13.3. The standard InChI is InChI=1S/C16H26N4O.H2/c1-4-17-16(21)14-5-6-15(18-11-14)20-9-7-19(8-10-20)12-13(2)3;/h5-6,11,13H,4,7-10,12H2,1-3H3,(H,17,21);1H. The average Bonchev–Trinajstić information content (AvgIpc) is 2.48. The van der Waals surface area contributed by atoms with E-state index in [0.29, 0.717) is 18.0 Å². The fourth-order valence-corrected chi connectivity index (χ4v) is 2.65. The predicted octanol–water partition coefficient (Wildman–Crippen LogP) is 1.86. The van der Waals surface area contributed by atoms with E-state index in [0.717, 1.165) is 38.5 Å². The molecule has 0 atom stereocenters. The number of pyridine rings is 1. The Hall–Kier alpha value is -1.62. The molecule has 0 unspecified atom stereocenters. The van der Waals surface area contributed by atoms with Crippen molar-refractivity contribution >= 4 is 11.7 Å². The number of amides is 1. The van der Waals surface area contributed by atoms with E-state index < -0.39 is 0 Å². The maximum Gasteiger partial charge on any atom is 0.252 e. The second kappa shape index (κ2) is 7.41. The Morgan fingerprint density at radius 3 is 2.57 bits per heavy atom. The van der Waals surface area contributed by atoms with Gasteiger partial charge in [0, 0.05) is 46.9 Å². The molecule has 21 heavy (non-hydrogen) atoms. The van der Waals surface area contributed by atoms with Crippen molar-refractivity contribution in [2.24, 2.45) is 5.92 Å². The van der Waals surface area contributed by atoms with E-state index in [2.05, 4.69) is 33.9 Å². The molecule has 1 aromatic rings. The Morgan fingerprint density at radius 2 is 2.05 bits per heavy atom. The summed E-state index contributed by atoms with van der Waals surface area (Å²) in [5.41, 5.74) is 0.624. The number of hydrogen-bond acceptors (Lipinski definition) is 4. The van der Waals surface area contributed by atoms with Gasteiger partial charge in [-0.05, 0) is 25.0 Å². The molecule has 1 saturated heterocycles. The summed E-state index contributed by atoms with van der Waals surface area (Å²) >= 11 is 0. The van der Waals surface area contributed by atoms with E-state index in [1.54, 1.807) is 6.20 Å². The Kier molecular flexibility index (Phi) is 5.56. The van der Waals surface area contributed by atoms with Crippen molar-refractivity contribution in [2.75, 3.05) is 44.2 Å². The summed E-state index contributed by atoms with van der Waals surface area (Å²) in [6.45, 7) is 12.4. The maximum absolute atomic E-state index is 11.7. The van der Waals surface area contributed by atoms with Gasteiger partial charge in [0.2, 0.25) is 0 Å². The van der Waals surface area contributed by atoms with E-state index in [9.17, 15) is 4.79 Å². The third-order valence-corrected chi connectivity index (χ3v) is 3.67. The van der Waals surface area contributed by atoms with Gasteiger partial charge in [0.1, 0.15) is 5.82 Å². The largest absolute Gasteiger partial charge is 0.354 e. The fourth-order valence-electron chi connectivity index (χ4n) is 2.65. The Morgan fingerprint density at radius 1 is 1.33 bits per heavy atom. The van der Waals surface area contributed by atoms with Crippen molar-refractivity contribution in [3.05, 3.63) is 23.9 Å². The Balaban J connectivity index is 0.00000242. The van der Waals surface area contributed by atoms with Crippen LogP contribution in [0, 0.1) is 5.92 Å². The van der Waals surface area contributed by atoms with Gasteiger partial charge < -0.3 is 10.2 Å². The molecular weight excluding hydrogens is 264 g/mol. The first-order valence-electron chi connectivity index (χ1n) is 7.81. The first kappa shape index (κ1) is 15.8. The SMILES string of the molecule is CCNC(=O)c1ccc(N2CCN(CC(C)C)CC2)nc1.[HH]. The van der Waals surface area contributed by atoms with Crippen LogP contribution in [0.3, 0.4) is 0 Å². The number of nitrogens with one attached hydrogen (secondary N) is 1. The molecular formula is C16H28N4O. The summed E-state index contributed by atoms with van der Waals surface area (Å²) in [5.74, 6) is 1.62. The lowest BCUT2D eigenvalue weighted by molar-refractivity contribution is 0.0955. The summed E-state index contributed by atoms with van der Waals surface area (Å²) in [6.07, 6.45) is 1.67. The van der Waals surface area contributed by atoms with Crippen molar-refractivity contribution < 1.29 is 6.22 Å². The lowest BCUT2D eigenvalue weighted by Gasteiger charge is -2.36. The van der Waals surface area contributed by atoms with Crippen LogP contribution in [0.1, 0.15) is 32.6 Å². The first-order chi connectivity index (χ1) is 10.1. The van der Waals surface area contributed by atoms with Crippen molar-refractivity contribution in [3.63, 3.8) is 0 Å². The van der Waals surface area contributed by atoms with Crippen LogP contribution in [-0.2, 0) is 0 Å². The molecule has 118 valence electrons. The third kappa shape index (κ3) is 4.43. The number of carbonyl (C=O) groups is 1. The summed E-state index contributed by atoms with van der Waals surface area (Å²) in [7, 11) is 0. The number of aromatic nitrogens is 1. The molecule has 0 spiro atoms. The predicted molar refractivity (Wildman–Crippen MR) is 87.8 cm³/mol. The highest BCUT2D eigenvalue weighted by atomic mass is 16.1. The molecule has 1 N–H and O–H groups in total. The third-order valence-electron chi connectivity index (χ3n) is 3.67. The van der Waals surface area contributed by atoms with Crippen molar-refractivity contribution in [2.45, 2.75) is 20.8 Å². The molecule has 1 aliphatic heterocycles. The lowest BCUT2D eigenvalue weighted by Crippen LogP contribution is -2.47. The van der Waals surface area contributed by atoms with Crippen LogP contribution in [0.2, 0.25) is 0 Å².